The van der Waals surface area contributed by atoms with E-state index in [0.717, 1.165) is 10.8 Å². The minimum absolute atomic E-state index is 0.00391. The standard InChI is InChI=1S/C12H20N2O7S3/c13-7(11(18)19)5-23-24-6-8(14)12(20)21-10(17)2-4-22-3-1-9(15)16/h7-8H,1-6,13-14H2,(H,15,16)(H,18,19)/t7?,8-/m0/s1. The van der Waals surface area contributed by atoms with E-state index in [4.69, 9.17) is 21.7 Å². The summed E-state index contributed by atoms with van der Waals surface area (Å²) in [6, 6.07) is -2.00. The third kappa shape index (κ3) is 12.5. The van der Waals surface area contributed by atoms with E-state index < -0.39 is 36.0 Å². The Hall–Kier alpha value is -0.950. The molecule has 0 saturated heterocycles. The molecular formula is C12H20N2O7S3. The molecule has 6 N–H and O–H groups in total. The van der Waals surface area contributed by atoms with Crippen LogP contribution in [0, 0.1) is 0 Å². The molecule has 0 aromatic carbocycles. The van der Waals surface area contributed by atoms with Gasteiger partial charge in [-0.3, -0.25) is 14.4 Å². The van der Waals surface area contributed by atoms with E-state index in [0.29, 0.717) is 11.5 Å². The van der Waals surface area contributed by atoms with Gasteiger partial charge in [0.05, 0.1) is 12.8 Å². The first-order chi connectivity index (χ1) is 11.2. The fourth-order valence-corrected chi connectivity index (χ4v) is 4.09. The van der Waals surface area contributed by atoms with Crippen molar-refractivity contribution in [2.24, 2.45) is 11.5 Å². The smallest absolute Gasteiger partial charge is 0.331 e. The highest BCUT2D eigenvalue weighted by Gasteiger charge is 2.19. The van der Waals surface area contributed by atoms with Gasteiger partial charge in [0, 0.05) is 23.0 Å². The summed E-state index contributed by atoms with van der Waals surface area (Å²) in [5, 5.41) is 17.0. The van der Waals surface area contributed by atoms with Gasteiger partial charge in [0.2, 0.25) is 0 Å². The molecule has 0 spiro atoms. The second-order valence-electron chi connectivity index (χ2n) is 4.42. The molecule has 0 saturated carbocycles. The van der Waals surface area contributed by atoms with Gasteiger partial charge in [0.1, 0.15) is 12.1 Å². The third-order valence-electron chi connectivity index (χ3n) is 2.32. The Morgan fingerprint density at radius 3 is 2.00 bits per heavy atom. The van der Waals surface area contributed by atoms with Crippen LogP contribution < -0.4 is 11.5 Å². The van der Waals surface area contributed by atoms with Gasteiger partial charge >= 0.3 is 23.9 Å². The Kier molecular flexibility index (Phi) is 12.8. The van der Waals surface area contributed by atoms with Crippen LogP contribution >= 0.6 is 33.3 Å². The SMILES string of the molecule is NC(CSSC[C@H](N)C(=O)OC(=O)CCSCCC(=O)O)C(=O)O. The number of hydrogen-bond donors (Lipinski definition) is 4. The summed E-state index contributed by atoms with van der Waals surface area (Å²) < 4.78 is 4.58. The first-order valence-electron chi connectivity index (χ1n) is 6.76. The summed E-state index contributed by atoms with van der Waals surface area (Å²) in [6.45, 7) is 0. The van der Waals surface area contributed by atoms with Crippen LogP contribution in [0.3, 0.4) is 0 Å². The molecule has 0 radical (unpaired) electrons. The minimum Gasteiger partial charge on any atom is -0.481 e. The summed E-state index contributed by atoms with van der Waals surface area (Å²) in [4.78, 5) is 43.8. The molecular weight excluding hydrogens is 380 g/mol. The average Bonchev–Trinajstić information content (AvgIpc) is 2.50. The summed E-state index contributed by atoms with van der Waals surface area (Å²) in [6.07, 6.45) is -0.0119. The highest BCUT2D eigenvalue weighted by atomic mass is 33.1. The molecule has 12 heteroatoms. The summed E-state index contributed by atoms with van der Waals surface area (Å²) in [5.41, 5.74) is 10.9. The number of thioether (sulfide) groups is 1. The summed E-state index contributed by atoms with van der Waals surface area (Å²) in [5.74, 6) is -2.56. The van der Waals surface area contributed by atoms with Crippen molar-refractivity contribution in [2.75, 3.05) is 23.0 Å². The molecule has 0 fully saturated rings. The van der Waals surface area contributed by atoms with Gasteiger partial charge in [-0.25, -0.2) is 4.79 Å². The molecule has 2 atom stereocenters. The van der Waals surface area contributed by atoms with Crippen molar-refractivity contribution in [1.82, 2.24) is 0 Å². The fourth-order valence-electron chi connectivity index (χ4n) is 1.04. The number of hydrogen-bond acceptors (Lipinski definition) is 10. The number of nitrogens with two attached hydrogens (primary N) is 2. The molecule has 0 bridgehead atoms. The third-order valence-corrected chi connectivity index (χ3v) is 5.78. The molecule has 0 heterocycles. The van der Waals surface area contributed by atoms with Crippen molar-refractivity contribution in [1.29, 1.82) is 0 Å². The van der Waals surface area contributed by atoms with Crippen LogP contribution in [0.4, 0.5) is 0 Å². The molecule has 0 aliphatic heterocycles. The Bertz CT molecular complexity index is 450. The highest BCUT2D eigenvalue weighted by molar-refractivity contribution is 8.76. The van der Waals surface area contributed by atoms with Gasteiger partial charge in [0.25, 0.3) is 0 Å². The van der Waals surface area contributed by atoms with Crippen LogP contribution in [0.2, 0.25) is 0 Å². The van der Waals surface area contributed by atoms with Crippen LogP contribution in [-0.4, -0.2) is 69.2 Å². The van der Waals surface area contributed by atoms with Crippen LogP contribution in [0.25, 0.3) is 0 Å². The number of esters is 2. The zero-order chi connectivity index (χ0) is 18.5. The lowest BCUT2D eigenvalue weighted by Crippen LogP contribution is -2.36. The zero-order valence-corrected chi connectivity index (χ0v) is 15.2. The van der Waals surface area contributed by atoms with Crippen LogP contribution in [0.1, 0.15) is 12.8 Å². The van der Waals surface area contributed by atoms with Crippen molar-refractivity contribution in [3.63, 3.8) is 0 Å². The number of carbonyl (C=O) groups excluding carboxylic acids is 2. The topological polar surface area (TPSA) is 170 Å². The number of carboxylic acid groups (broad SMARTS) is 2. The highest BCUT2D eigenvalue weighted by Crippen LogP contribution is 2.22. The number of aliphatic carboxylic acids is 2. The predicted octanol–water partition coefficient (Wildman–Crippen LogP) is -0.225. The van der Waals surface area contributed by atoms with Crippen molar-refractivity contribution >= 4 is 57.2 Å². The molecule has 24 heavy (non-hydrogen) atoms. The van der Waals surface area contributed by atoms with Gasteiger partial charge in [-0.1, -0.05) is 21.6 Å². The van der Waals surface area contributed by atoms with E-state index in [1.807, 2.05) is 0 Å². The predicted molar refractivity (Wildman–Crippen MR) is 93.8 cm³/mol. The lowest BCUT2D eigenvalue weighted by Gasteiger charge is -2.10. The van der Waals surface area contributed by atoms with Gasteiger partial charge in [-0.05, 0) is 0 Å². The molecule has 0 rings (SSSR count). The monoisotopic (exact) mass is 400 g/mol. The maximum atomic E-state index is 11.6. The second kappa shape index (κ2) is 13.4. The number of carbonyl (C=O) groups is 4. The Labute approximate surface area is 151 Å². The normalized spacial score (nSPS) is 13.1. The molecule has 138 valence electrons. The van der Waals surface area contributed by atoms with E-state index in [-0.39, 0.29) is 24.3 Å². The average molecular weight is 401 g/mol. The summed E-state index contributed by atoms with van der Waals surface area (Å²) >= 11 is 1.28. The fraction of sp³-hybridized carbons (Fsp3) is 0.667. The molecule has 1 unspecified atom stereocenters. The van der Waals surface area contributed by atoms with Crippen molar-refractivity contribution in [2.45, 2.75) is 24.9 Å². The van der Waals surface area contributed by atoms with E-state index in [9.17, 15) is 19.2 Å². The molecule has 0 amide bonds. The Balaban J connectivity index is 3.78. The van der Waals surface area contributed by atoms with E-state index in [1.165, 1.54) is 22.6 Å². The van der Waals surface area contributed by atoms with Crippen LogP contribution in [0.15, 0.2) is 0 Å². The maximum Gasteiger partial charge on any atom is 0.331 e. The molecule has 0 aliphatic carbocycles. The van der Waals surface area contributed by atoms with Crippen molar-refractivity contribution < 1.29 is 34.1 Å². The van der Waals surface area contributed by atoms with E-state index in [1.54, 1.807) is 0 Å². The first-order valence-corrected chi connectivity index (χ1v) is 10.4. The molecule has 0 aromatic heterocycles. The molecule has 9 nitrogen and oxygen atoms in total. The number of rotatable bonds is 13. The lowest BCUT2D eigenvalue weighted by atomic mass is 10.4. The quantitative estimate of drug-likeness (QED) is 0.139. The first kappa shape index (κ1) is 23.1. The van der Waals surface area contributed by atoms with E-state index in [2.05, 4.69) is 4.74 Å². The summed E-state index contributed by atoms with van der Waals surface area (Å²) in [7, 11) is 2.33. The Morgan fingerprint density at radius 2 is 1.46 bits per heavy atom. The van der Waals surface area contributed by atoms with Gasteiger partial charge in [-0.15, -0.1) is 0 Å². The van der Waals surface area contributed by atoms with E-state index >= 15 is 0 Å². The molecule has 0 aromatic rings. The van der Waals surface area contributed by atoms with Gasteiger partial charge < -0.3 is 26.4 Å². The van der Waals surface area contributed by atoms with Crippen molar-refractivity contribution in [3.8, 4) is 0 Å². The second-order valence-corrected chi connectivity index (χ2v) is 8.20. The minimum atomic E-state index is -1.11. The van der Waals surface area contributed by atoms with Crippen molar-refractivity contribution in [3.05, 3.63) is 0 Å². The zero-order valence-electron chi connectivity index (χ0n) is 12.7. The van der Waals surface area contributed by atoms with Crippen LogP contribution in [0.5, 0.6) is 0 Å². The van der Waals surface area contributed by atoms with Gasteiger partial charge in [-0.2, -0.15) is 11.8 Å². The largest absolute Gasteiger partial charge is 0.481 e. The molecule has 0 aliphatic rings. The number of ether oxygens (including phenoxy) is 1. The van der Waals surface area contributed by atoms with Crippen LogP contribution in [-0.2, 0) is 23.9 Å². The number of carboxylic acids is 2. The Morgan fingerprint density at radius 1 is 0.917 bits per heavy atom. The van der Waals surface area contributed by atoms with Gasteiger partial charge in [0.15, 0.2) is 0 Å². The lowest BCUT2D eigenvalue weighted by molar-refractivity contribution is -0.160. The maximum absolute atomic E-state index is 11.6.